The molecule has 7 nitrogen and oxygen atoms in total. The molecule has 0 saturated carbocycles. The molecule has 3 rings (SSSR count). The maximum Gasteiger partial charge on any atom is 0.454 e. The highest BCUT2D eigenvalue weighted by Gasteiger charge is 2.34. The standard InChI is InChI=1S/C17H21N2O5PS/c1-19-16(18-25(21,23-3)24-4)9-11-8-13(20)14(22-2)10-12(11)17(19)15-6-5-7-26-15/h5-8,10,17,20H,9H2,1-4H3/b18-16-. The van der Waals surface area contributed by atoms with E-state index in [9.17, 15) is 9.67 Å². The second-order valence-corrected chi connectivity index (χ2v) is 8.63. The number of hydrogen-bond donors (Lipinski definition) is 1. The zero-order valence-electron chi connectivity index (χ0n) is 15.0. The number of phenols is 1. The van der Waals surface area contributed by atoms with Crippen LogP contribution >= 0.6 is 19.1 Å². The van der Waals surface area contributed by atoms with E-state index in [1.54, 1.807) is 17.4 Å². The van der Waals surface area contributed by atoms with E-state index in [2.05, 4.69) is 4.76 Å². The molecule has 0 spiro atoms. The van der Waals surface area contributed by atoms with Gasteiger partial charge in [-0.05, 0) is 34.7 Å². The summed E-state index contributed by atoms with van der Waals surface area (Å²) >= 11 is 1.61. The summed E-state index contributed by atoms with van der Waals surface area (Å²) in [5, 5.41) is 12.2. The van der Waals surface area contributed by atoms with E-state index in [-0.39, 0.29) is 11.8 Å². The summed E-state index contributed by atoms with van der Waals surface area (Å²) in [4.78, 5) is 3.05. The number of aromatic hydroxyl groups is 1. The van der Waals surface area contributed by atoms with Crippen LogP contribution in [0, 0.1) is 0 Å². The number of ether oxygens (including phenoxy) is 1. The van der Waals surface area contributed by atoms with Gasteiger partial charge in [-0.25, -0.2) is 4.57 Å². The summed E-state index contributed by atoms with van der Waals surface area (Å²) in [6, 6.07) is 7.38. The molecule has 26 heavy (non-hydrogen) atoms. The molecular formula is C17H21N2O5PS. The average molecular weight is 396 g/mol. The Morgan fingerprint density at radius 2 is 2.04 bits per heavy atom. The Labute approximate surface area is 156 Å². The van der Waals surface area contributed by atoms with Crippen LogP contribution in [0.15, 0.2) is 34.4 Å². The summed E-state index contributed by atoms with van der Waals surface area (Å²) in [5.41, 5.74) is 1.89. The molecule has 1 N–H and O–H groups in total. The van der Waals surface area contributed by atoms with Crippen molar-refractivity contribution in [2.24, 2.45) is 4.76 Å². The van der Waals surface area contributed by atoms with Crippen molar-refractivity contribution in [3.63, 3.8) is 0 Å². The van der Waals surface area contributed by atoms with Gasteiger partial charge in [0.05, 0.1) is 13.2 Å². The molecule has 0 saturated heterocycles. The summed E-state index contributed by atoms with van der Waals surface area (Å²) in [6.07, 6.45) is 0.391. The fraction of sp³-hybridized carbons (Fsp3) is 0.353. The Bertz CT molecular complexity index is 860. The van der Waals surface area contributed by atoms with E-state index in [0.717, 1.165) is 16.0 Å². The molecule has 1 unspecified atom stereocenters. The number of hydrogen-bond acceptors (Lipinski definition) is 6. The Morgan fingerprint density at radius 1 is 1.31 bits per heavy atom. The van der Waals surface area contributed by atoms with Crippen molar-refractivity contribution in [1.82, 2.24) is 4.90 Å². The van der Waals surface area contributed by atoms with Gasteiger partial charge in [0.2, 0.25) is 0 Å². The third kappa shape index (κ3) is 3.38. The third-order valence-electron chi connectivity index (χ3n) is 4.39. The van der Waals surface area contributed by atoms with Crippen molar-refractivity contribution >= 4 is 24.9 Å². The highest BCUT2D eigenvalue weighted by Crippen LogP contribution is 2.50. The molecule has 1 aromatic heterocycles. The fourth-order valence-corrected chi connectivity index (χ4v) is 4.74. The monoisotopic (exact) mass is 396 g/mol. The first kappa shape index (κ1) is 18.9. The molecule has 1 aromatic carbocycles. The van der Waals surface area contributed by atoms with Gasteiger partial charge in [-0.1, -0.05) is 6.07 Å². The largest absolute Gasteiger partial charge is 0.504 e. The molecule has 0 bridgehead atoms. The molecule has 9 heteroatoms. The Morgan fingerprint density at radius 3 is 2.62 bits per heavy atom. The summed E-state index contributed by atoms with van der Waals surface area (Å²) in [6.45, 7) is 0. The lowest BCUT2D eigenvalue weighted by Crippen LogP contribution is -2.37. The van der Waals surface area contributed by atoms with Crippen LogP contribution in [-0.2, 0) is 20.0 Å². The van der Waals surface area contributed by atoms with Crippen LogP contribution in [0.3, 0.4) is 0 Å². The summed E-state index contributed by atoms with van der Waals surface area (Å²) in [5.74, 6) is 1.03. The molecule has 0 radical (unpaired) electrons. The van der Waals surface area contributed by atoms with Crippen LogP contribution in [0.2, 0.25) is 0 Å². The predicted octanol–water partition coefficient (Wildman–Crippen LogP) is 3.84. The smallest absolute Gasteiger partial charge is 0.454 e. The normalized spacial score (nSPS) is 18.8. The highest BCUT2D eigenvalue weighted by molar-refractivity contribution is 7.52. The highest BCUT2D eigenvalue weighted by atomic mass is 32.1. The number of thiophene rings is 1. The Hall–Kier alpha value is -1.86. The minimum Gasteiger partial charge on any atom is -0.504 e. The minimum absolute atomic E-state index is 0.0572. The number of rotatable bonds is 5. The van der Waals surface area contributed by atoms with Gasteiger partial charge in [0.1, 0.15) is 5.84 Å². The lowest BCUT2D eigenvalue weighted by atomic mass is 9.90. The lowest BCUT2D eigenvalue weighted by molar-refractivity contribution is 0.276. The molecule has 0 fully saturated rings. The molecule has 0 amide bonds. The number of likely N-dealkylation sites (N-methyl/N-ethyl adjacent to an activating group) is 1. The number of methoxy groups -OCH3 is 1. The average Bonchev–Trinajstić information content (AvgIpc) is 3.16. The Kier molecular flexibility index (Phi) is 5.39. The van der Waals surface area contributed by atoms with Gasteiger partial charge >= 0.3 is 7.75 Å². The van der Waals surface area contributed by atoms with Crippen molar-refractivity contribution in [3.05, 3.63) is 45.6 Å². The van der Waals surface area contributed by atoms with Crippen LogP contribution in [0.1, 0.15) is 22.0 Å². The second-order valence-electron chi connectivity index (χ2n) is 5.78. The molecule has 1 atom stereocenters. The van der Waals surface area contributed by atoms with Crippen LogP contribution < -0.4 is 4.74 Å². The topological polar surface area (TPSA) is 80.6 Å². The molecular weight excluding hydrogens is 375 g/mol. The first-order chi connectivity index (χ1) is 12.4. The van der Waals surface area contributed by atoms with Gasteiger partial charge in [-0.15, -0.1) is 11.3 Å². The zero-order chi connectivity index (χ0) is 18.9. The van der Waals surface area contributed by atoms with Crippen molar-refractivity contribution in [1.29, 1.82) is 0 Å². The number of nitrogens with zero attached hydrogens (tertiary/aromatic N) is 2. The van der Waals surface area contributed by atoms with E-state index in [4.69, 9.17) is 13.8 Å². The lowest BCUT2D eigenvalue weighted by Gasteiger charge is -2.37. The third-order valence-corrected chi connectivity index (χ3v) is 6.71. The van der Waals surface area contributed by atoms with Crippen molar-refractivity contribution in [2.75, 3.05) is 28.4 Å². The van der Waals surface area contributed by atoms with Gasteiger partial charge < -0.3 is 14.7 Å². The number of fused-ring (bicyclic) bond motifs is 1. The number of amidine groups is 1. The second kappa shape index (κ2) is 7.40. The van der Waals surface area contributed by atoms with Gasteiger partial charge in [-0.2, -0.15) is 4.76 Å². The first-order valence-corrected chi connectivity index (χ1v) is 10.3. The van der Waals surface area contributed by atoms with E-state index in [1.807, 2.05) is 35.5 Å². The van der Waals surface area contributed by atoms with E-state index in [0.29, 0.717) is 18.0 Å². The predicted molar refractivity (Wildman–Crippen MR) is 101 cm³/mol. The van der Waals surface area contributed by atoms with E-state index < -0.39 is 7.75 Å². The maximum atomic E-state index is 12.5. The molecule has 140 valence electrons. The number of phenolic OH excluding ortho intramolecular Hbond substituents is 1. The van der Waals surface area contributed by atoms with Crippen LogP contribution in [0.5, 0.6) is 11.5 Å². The van der Waals surface area contributed by atoms with Gasteiger partial charge in [0, 0.05) is 32.6 Å². The van der Waals surface area contributed by atoms with Gasteiger partial charge in [0.25, 0.3) is 0 Å². The fourth-order valence-electron chi connectivity index (χ4n) is 3.05. The van der Waals surface area contributed by atoms with Crippen LogP contribution in [0.4, 0.5) is 0 Å². The molecule has 2 heterocycles. The minimum atomic E-state index is -3.57. The summed E-state index contributed by atoms with van der Waals surface area (Å²) in [7, 11) is 2.45. The Balaban J connectivity index is 2.17. The van der Waals surface area contributed by atoms with Crippen molar-refractivity contribution in [3.8, 4) is 11.5 Å². The van der Waals surface area contributed by atoms with E-state index >= 15 is 0 Å². The quantitative estimate of drug-likeness (QED) is 0.774. The summed E-state index contributed by atoms with van der Waals surface area (Å²) < 4.78 is 32.0. The van der Waals surface area contributed by atoms with Gasteiger partial charge in [0.15, 0.2) is 11.5 Å². The molecule has 1 aliphatic heterocycles. The van der Waals surface area contributed by atoms with Crippen molar-refractivity contribution < 1.29 is 23.5 Å². The van der Waals surface area contributed by atoms with Crippen molar-refractivity contribution in [2.45, 2.75) is 12.5 Å². The van der Waals surface area contributed by atoms with Crippen LogP contribution in [-0.4, -0.2) is 44.2 Å². The molecule has 0 aliphatic carbocycles. The molecule has 1 aliphatic rings. The zero-order valence-corrected chi connectivity index (χ0v) is 16.7. The van der Waals surface area contributed by atoms with Crippen LogP contribution in [0.25, 0.3) is 0 Å². The number of benzene rings is 1. The maximum absolute atomic E-state index is 12.5. The SMILES string of the molecule is COc1cc2c(cc1O)C/C(=N/P(=O)(OC)OC)N(C)C2c1cccs1. The van der Waals surface area contributed by atoms with Gasteiger partial charge in [-0.3, -0.25) is 9.05 Å². The first-order valence-electron chi connectivity index (χ1n) is 7.89. The van der Waals surface area contributed by atoms with E-state index in [1.165, 1.54) is 21.3 Å². The molecule has 2 aromatic rings.